The van der Waals surface area contributed by atoms with Crippen LogP contribution < -0.4 is 5.32 Å². The van der Waals surface area contributed by atoms with E-state index in [0.717, 1.165) is 23.0 Å². The fourth-order valence-electron chi connectivity index (χ4n) is 1.60. The van der Waals surface area contributed by atoms with Gasteiger partial charge in [0.15, 0.2) is 5.69 Å². The first-order valence-electron chi connectivity index (χ1n) is 5.42. The van der Waals surface area contributed by atoms with Crippen molar-refractivity contribution in [1.82, 2.24) is 9.78 Å². The van der Waals surface area contributed by atoms with E-state index in [1.165, 1.54) is 12.1 Å². The average Bonchev–Trinajstić information content (AvgIpc) is 2.87. The van der Waals surface area contributed by atoms with Gasteiger partial charge in [0.1, 0.15) is 0 Å². The van der Waals surface area contributed by atoms with Gasteiger partial charge in [-0.1, -0.05) is 0 Å². The average molecular weight is 286 g/mol. The van der Waals surface area contributed by atoms with Gasteiger partial charge in [-0.2, -0.15) is 18.3 Å². The predicted molar refractivity (Wildman–Crippen MR) is 64.8 cm³/mol. The van der Waals surface area contributed by atoms with Gasteiger partial charge in [-0.3, -0.25) is 10.1 Å². The van der Waals surface area contributed by atoms with Crippen LogP contribution >= 0.6 is 0 Å². The van der Waals surface area contributed by atoms with Crippen LogP contribution in [0.5, 0.6) is 0 Å². The van der Waals surface area contributed by atoms with Crippen LogP contribution in [0.25, 0.3) is 5.69 Å². The minimum atomic E-state index is -4.56. The summed E-state index contributed by atoms with van der Waals surface area (Å²) in [5.74, 6) is 0. The molecule has 2 rings (SSSR count). The number of benzene rings is 1. The molecule has 0 spiro atoms. The van der Waals surface area contributed by atoms with Crippen LogP contribution in [0, 0.1) is 10.1 Å². The Morgan fingerprint density at radius 3 is 2.55 bits per heavy atom. The zero-order chi connectivity index (χ0) is 14.9. The summed E-state index contributed by atoms with van der Waals surface area (Å²) in [6.07, 6.45) is -3.46. The lowest BCUT2D eigenvalue weighted by Gasteiger charge is -2.06. The van der Waals surface area contributed by atoms with Gasteiger partial charge in [-0.15, -0.1) is 0 Å². The summed E-state index contributed by atoms with van der Waals surface area (Å²) >= 11 is 0. The third kappa shape index (κ3) is 2.71. The lowest BCUT2D eigenvalue weighted by molar-refractivity contribution is -0.384. The molecule has 0 unspecified atom stereocenters. The first-order chi connectivity index (χ1) is 9.31. The lowest BCUT2D eigenvalue weighted by atomic mass is 10.2. The highest BCUT2D eigenvalue weighted by Crippen LogP contribution is 2.29. The zero-order valence-electron chi connectivity index (χ0n) is 10.2. The monoisotopic (exact) mass is 286 g/mol. The molecule has 0 saturated heterocycles. The fourth-order valence-corrected chi connectivity index (χ4v) is 1.60. The summed E-state index contributed by atoms with van der Waals surface area (Å²) in [5.41, 5.74) is -0.733. The second-order valence-electron chi connectivity index (χ2n) is 3.89. The van der Waals surface area contributed by atoms with E-state index in [1.807, 2.05) is 0 Å². The molecule has 20 heavy (non-hydrogen) atoms. The molecule has 1 N–H and O–H groups in total. The highest BCUT2D eigenvalue weighted by Gasteiger charge is 2.33. The van der Waals surface area contributed by atoms with E-state index in [2.05, 4.69) is 10.4 Å². The largest absolute Gasteiger partial charge is 0.435 e. The minimum Gasteiger partial charge on any atom is -0.388 e. The third-order valence-electron chi connectivity index (χ3n) is 2.55. The second kappa shape index (κ2) is 4.83. The Morgan fingerprint density at radius 2 is 2.05 bits per heavy atom. The summed E-state index contributed by atoms with van der Waals surface area (Å²) in [5, 5.41) is 16.9. The molecule has 0 aliphatic rings. The Balaban J connectivity index is 2.49. The van der Waals surface area contributed by atoms with Crippen molar-refractivity contribution < 1.29 is 18.1 Å². The standard InChI is InChI=1S/C11H9F3N4O2/c1-15-7-4-8(6-9(5-7)18(19)20)17-3-2-10(16-17)11(12,13)14/h2-6,15H,1H3. The number of nitro groups is 1. The summed E-state index contributed by atoms with van der Waals surface area (Å²) in [7, 11) is 1.55. The normalized spacial score (nSPS) is 11.4. The van der Waals surface area contributed by atoms with Gasteiger partial charge in [0.05, 0.1) is 10.6 Å². The number of alkyl halides is 3. The molecule has 1 aromatic carbocycles. The van der Waals surface area contributed by atoms with E-state index in [9.17, 15) is 23.3 Å². The Hall–Kier alpha value is -2.58. The summed E-state index contributed by atoms with van der Waals surface area (Å²) in [6.45, 7) is 0. The Morgan fingerprint density at radius 1 is 1.35 bits per heavy atom. The molecular formula is C11H9F3N4O2. The molecule has 0 atom stereocenters. The van der Waals surface area contributed by atoms with Crippen molar-refractivity contribution in [3.05, 3.63) is 46.3 Å². The van der Waals surface area contributed by atoms with Crippen molar-refractivity contribution in [1.29, 1.82) is 0 Å². The molecule has 0 saturated carbocycles. The van der Waals surface area contributed by atoms with Crippen LogP contribution in [-0.2, 0) is 6.18 Å². The van der Waals surface area contributed by atoms with E-state index >= 15 is 0 Å². The molecule has 1 aromatic heterocycles. The van der Waals surface area contributed by atoms with Gasteiger partial charge in [-0.25, -0.2) is 4.68 Å². The van der Waals surface area contributed by atoms with Crippen LogP contribution in [-0.4, -0.2) is 21.8 Å². The Kier molecular flexibility index (Phi) is 3.35. The number of hydrogen-bond donors (Lipinski definition) is 1. The predicted octanol–water partition coefficient (Wildman–Crippen LogP) is 2.84. The summed E-state index contributed by atoms with van der Waals surface area (Å²) in [4.78, 5) is 10.2. The number of nitrogens with zero attached hydrogens (tertiary/aromatic N) is 3. The number of aromatic nitrogens is 2. The van der Waals surface area contributed by atoms with Crippen LogP contribution in [0.1, 0.15) is 5.69 Å². The van der Waals surface area contributed by atoms with Gasteiger partial charge >= 0.3 is 6.18 Å². The van der Waals surface area contributed by atoms with Crippen molar-refractivity contribution in [3.63, 3.8) is 0 Å². The smallest absolute Gasteiger partial charge is 0.388 e. The number of rotatable bonds is 3. The van der Waals surface area contributed by atoms with E-state index < -0.39 is 16.8 Å². The molecule has 0 bridgehead atoms. The number of non-ortho nitro benzene ring substituents is 1. The highest BCUT2D eigenvalue weighted by atomic mass is 19.4. The Bertz CT molecular complexity index is 651. The minimum absolute atomic E-state index is 0.166. The van der Waals surface area contributed by atoms with Crippen molar-refractivity contribution in [2.75, 3.05) is 12.4 Å². The molecule has 106 valence electrons. The van der Waals surface area contributed by atoms with E-state index in [-0.39, 0.29) is 11.4 Å². The lowest BCUT2D eigenvalue weighted by Crippen LogP contribution is -2.07. The maximum absolute atomic E-state index is 12.5. The first-order valence-corrected chi connectivity index (χ1v) is 5.42. The summed E-state index contributed by atoms with van der Waals surface area (Å²) in [6, 6.07) is 4.68. The van der Waals surface area contributed by atoms with Gasteiger partial charge in [0, 0.05) is 31.1 Å². The number of nitrogens with one attached hydrogen (secondary N) is 1. The van der Waals surface area contributed by atoms with Crippen molar-refractivity contribution >= 4 is 11.4 Å². The molecule has 0 aliphatic carbocycles. The van der Waals surface area contributed by atoms with Crippen LogP contribution in [0.15, 0.2) is 30.5 Å². The number of anilines is 1. The Labute approximate surface area is 111 Å². The van der Waals surface area contributed by atoms with E-state index in [0.29, 0.717) is 5.69 Å². The number of hydrogen-bond acceptors (Lipinski definition) is 4. The molecule has 0 radical (unpaired) electrons. The molecule has 2 aromatic rings. The van der Waals surface area contributed by atoms with Gasteiger partial charge in [0.25, 0.3) is 5.69 Å². The van der Waals surface area contributed by atoms with Gasteiger partial charge < -0.3 is 5.32 Å². The second-order valence-corrected chi connectivity index (χ2v) is 3.89. The summed E-state index contributed by atoms with van der Waals surface area (Å²) < 4.78 is 38.4. The molecule has 0 aliphatic heterocycles. The zero-order valence-corrected chi connectivity index (χ0v) is 10.2. The van der Waals surface area contributed by atoms with E-state index in [1.54, 1.807) is 7.05 Å². The van der Waals surface area contributed by atoms with Gasteiger partial charge in [0.2, 0.25) is 0 Å². The third-order valence-corrected chi connectivity index (χ3v) is 2.55. The van der Waals surface area contributed by atoms with Crippen LogP contribution in [0.4, 0.5) is 24.5 Å². The fraction of sp³-hybridized carbons (Fsp3) is 0.182. The van der Waals surface area contributed by atoms with Crippen molar-refractivity contribution in [2.45, 2.75) is 6.18 Å². The topological polar surface area (TPSA) is 73.0 Å². The molecular weight excluding hydrogens is 277 g/mol. The highest BCUT2D eigenvalue weighted by molar-refractivity contribution is 5.58. The number of nitro benzene ring substituents is 1. The molecule has 0 amide bonds. The first kappa shape index (κ1) is 13.8. The maximum atomic E-state index is 12.5. The maximum Gasteiger partial charge on any atom is 0.435 e. The SMILES string of the molecule is CNc1cc(-n2ccc(C(F)(F)F)n2)cc([N+](=O)[O-])c1. The quantitative estimate of drug-likeness (QED) is 0.695. The molecule has 6 nitrogen and oxygen atoms in total. The van der Waals surface area contributed by atoms with Crippen LogP contribution in [0.3, 0.4) is 0 Å². The molecule has 1 heterocycles. The van der Waals surface area contributed by atoms with Crippen molar-refractivity contribution in [3.8, 4) is 5.69 Å². The molecule has 0 fully saturated rings. The molecule has 9 heteroatoms. The van der Waals surface area contributed by atoms with Crippen LogP contribution in [0.2, 0.25) is 0 Å². The van der Waals surface area contributed by atoms with Gasteiger partial charge in [-0.05, 0) is 12.1 Å². The van der Waals surface area contributed by atoms with E-state index in [4.69, 9.17) is 0 Å². The number of halogens is 3. The van der Waals surface area contributed by atoms with Crippen molar-refractivity contribution in [2.24, 2.45) is 0 Å².